The molecule has 19 heavy (non-hydrogen) atoms. The van der Waals surface area contributed by atoms with Crippen LogP contribution in [0.2, 0.25) is 0 Å². The molecule has 6 nitrogen and oxygen atoms in total. The van der Waals surface area contributed by atoms with Gasteiger partial charge in [-0.2, -0.15) is 0 Å². The van der Waals surface area contributed by atoms with Gasteiger partial charge < -0.3 is 19.9 Å². The molecule has 0 unspecified atom stereocenters. The van der Waals surface area contributed by atoms with Gasteiger partial charge in [-0.1, -0.05) is 0 Å². The van der Waals surface area contributed by atoms with Crippen LogP contribution in [-0.4, -0.2) is 40.7 Å². The lowest BCUT2D eigenvalue weighted by Crippen LogP contribution is -2.51. The summed E-state index contributed by atoms with van der Waals surface area (Å²) in [7, 11) is 0. The zero-order valence-electron chi connectivity index (χ0n) is 11.3. The molecule has 1 aromatic rings. The summed E-state index contributed by atoms with van der Waals surface area (Å²) in [5, 5.41) is 0. The van der Waals surface area contributed by atoms with Crippen LogP contribution in [0.4, 0.5) is 5.69 Å². The van der Waals surface area contributed by atoms with E-state index in [1.54, 1.807) is 4.90 Å². The van der Waals surface area contributed by atoms with Gasteiger partial charge in [0.2, 0.25) is 5.91 Å². The Kier molecular flexibility index (Phi) is 3.61. The number of rotatable bonds is 2. The van der Waals surface area contributed by atoms with Crippen LogP contribution in [0.25, 0.3) is 0 Å². The largest absolute Gasteiger partial charge is 0.398 e. The van der Waals surface area contributed by atoms with Crippen LogP contribution in [0, 0.1) is 0 Å². The Hall–Kier alpha value is -1.82. The van der Waals surface area contributed by atoms with Crippen molar-refractivity contribution in [1.82, 2.24) is 9.47 Å². The van der Waals surface area contributed by atoms with Crippen LogP contribution in [0.5, 0.6) is 0 Å². The van der Waals surface area contributed by atoms with Gasteiger partial charge in [0, 0.05) is 31.0 Å². The summed E-state index contributed by atoms with van der Waals surface area (Å²) in [6.45, 7) is 5.50. The molecule has 1 aliphatic heterocycles. The highest BCUT2D eigenvalue weighted by Gasteiger charge is 2.29. The summed E-state index contributed by atoms with van der Waals surface area (Å²) in [4.78, 5) is 25.5. The fraction of sp³-hybridized carbons (Fsp3) is 0.538. The van der Waals surface area contributed by atoms with E-state index >= 15 is 0 Å². The first kappa shape index (κ1) is 13.6. The molecule has 2 rings (SSSR count). The van der Waals surface area contributed by atoms with Gasteiger partial charge in [0.1, 0.15) is 6.54 Å². The number of nitrogens with two attached hydrogens (primary N) is 1. The number of morpholine rings is 1. The van der Waals surface area contributed by atoms with E-state index < -0.39 is 0 Å². The van der Waals surface area contributed by atoms with E-state index in [9.17, 15) is 9.59 Å². The highest BCUT2D eigenvalue weighted by molar-refractivity contribution is 5.76. The maximum atomic E-state index is 12.2. The van der Waals surface area contributed by atoms with Crippen molar-refractivity contribution >= 4 is 11.6 Å². The molecule has 1 aromatic heterocycles. The summed E-state index contributed by atoms with van der Waals surface area (Å²) in [5.41, 5.74) is 5.52. The van der Waals surface area contributed by atoms with Gasteiger partial charge in [0.15, 0.2) is 0 Å². The molecule has 0 aromatic carbocycles. The zero-order chi connectivity index (χ0) is 14.0. The van der Waals surface area contributed by atoms with Crippen molar-refractivity contribution in [3.63, 3.8) is 0 Å². The molecule has 1 fully saturated rings. The molecule has 2 N–H and O–H groups in total. The SMILES string of the molecule is CC1(C)CN(C(=O)Cn2cc(N)ccc2=O)CCO1. The second-order valence-corrected chi connectivity index (χ2v) is 5.35. The van der Waals surface area contributed by atoms with Crippen LogP contribution < -0.4 is 11.3 Å². The number of carbonyl (C=O) groups excluding carboxylic acids is 1. The summed E-state index contributed by atoms with van der Waals surface area (Å²) in [5.74, 6) is -0.0934. The highest BCUT2D eigenvalue weighted by Crippen LogP contribution is 2.16. The normalized spacial score (nSPS) is 18.3. The van der Waals surface area contributed by atoms with Crippen molar-refractivity contribution < 1.29 is 9.53 Å². The fourth-order valence-corrected chi connectivity index (χ4v) is 2.15. The van der Waals surface area contributed by atoms with E-state index in [0.717, 1.165) is 0 Å². The molecule has 0 saturated carbocycles. The quantitative estimate of drug-likeness (QED) is 0.820. The first-order valence-corrected chi connectivity index (χ1v) is 6.25. The lowest BCUT2D eigenvalue weighted by atomic mass is 10.1. The van der Waals surface area contributed by atoms with Crippen LogP contribution >= 0.6 is 0 Å². The van der Waals surface area contributed by atoms with Gasteiger partial charge in [0.05, 0.1) is 12.2 Å². The number of pyridine rings is 1. The van der Waals surface area contributed by atoms with E-state index in [1.165, 1.54) is 22.9 Å². The van der Waals surface area contributed by atoms with Crippen LogP contribution in [0.1, 0.15) is 13.8 Å². The molecule has 2 heterocycles. The Morgan fingerprint density at radius 1 is 1.47 bits per heavy atom. The van der Waals surface area contributed by atoms with E-state index in [2.05, 4.69) is 0 Å². The topological polar surface area (TPSA) is 77.6 Å². The van der Waals surface area contributed by atoms with Crippen molar-refractivity contribution in [2.24, 2.45) is 0 Å². The first-order valence-electron chi connectivity index (χ1n) is 6.25. The Balaban J connectivity index is 2.09. The van der Waals surface area contributed by atoms with Gasteiger partial charge in [-0.25, -0.2) is 0 Å². The van der Waals surface area contributed by atoms with Crippen LogP contribution in [0.3, 0.4) is 0 Å². The maximum absolute atomic E-state index is 12.2. The third-order valence-corrected chi connectivity index (χ3v) is 3.09. The van der Waals surface area contributed by atoms with Gasteiger partial charge in [-0.3, -0.25) is 9.59 Å². The molecule has 1 aliphatic rings. The molecular weight excluding hydrogens is 246 g/mol. The van der Waals surface area contributed by atoms with Gasteiger partial charge >= 0.3 is 0 Å². The van der Waals surface area contributed by atoms with Gasteiger partial charge in [0.25, 0.3) is 5.56 Å². The van der Waals surface area contributed by atoms with Crippen LogP contribution in [0.15, 0.2) is 23.1 Å². The van der Waals surface area contributed by atoms with Crippen molar-refractivity contribution in [2.75, 3.05) is 25.4 Å². The predicted octanol–water partition coefficient (Wildman–Crippen LogP) is 0.0679. The van der Waals surface area contributed by atoms with Crippen molar-refractivity contribution in [3.8, 4) is 0 Å². The van der Waals surface area contributed by atoms with Crippen molar-refractivity contribution in [3.05, 3.63) is 28.7 Å². The summed E-state index contributed by atoms with van der Waals surface area (Å²) >= 11 is 0. The standard InChI is InChI=1S/C13H19N3O3/c1-13(2)9-15(5-6-19-13)12(18)8-16-7-10(14)3-4-11(16)17/h3-4,7H,5-6,8-9,14H2,1-2H3. The molecule has 104 valence electrons. The second kappa shape index (κ2) is 5.05. The number of anilines is 1. The average molecular weight is 265 g/mol. The number of aromatic nitrogens is 1. The number of nitrogens with zero attached hydrogens (tertiary/aromatic N) is 2. The van der Waals surface area contributed by atoms with Crippen molar-refractivity contribution in [2.45, 2.75) is 26.0 Å². The number of hydrogen-bond acceptors (Lipinski definition) is 4. The highest BCUT2D eigenvalue weighted by atomic mass is 16.5. The molecule has 0 spiro atoms. The number of ether oxygens (including phenoxy) is 1. The van der Waals surface area contributed by atoms with Gasteiger partial charge in [-0.15, -0.1) is 0 Å². The molecule has 1 saturated heterocycles. The first-order chi connectivity index (χ1) is 8.87. The molecule has 0 radical (unpaired) electrons. The Labute approximate surface area is 111 Å². The lowest BCUT2D eigenvalue weighted by molar-refractivity contribution is -0.146. The summed E-state index contributed by atoms with van der Waals surface area (Å²) in [6.07, 6.45) is 1.49. The van der Waals surface area contributed by atoms with E-state index in [4.69, 9.17) is 10.5 Å². The average Bonchev–Trinajstić information content (AvgIpc) is 2.32. The lowest BCUT2D eigenvalue weighted by Gasteiger charge is -2.38. The molecular formula is C13H19N3O3. The van der Waals surface area contributed by atoms with E-state index in [-0.39, 0.29) is 23.6 Å². The van der Waals surface area contributed by atoms with E-state index in [1.807, 2.05) is 13.8 Å². The molecule has 0 aliphatic carbocycles. The fourth-order valence-electron chi connectivity index (χ4n) is 2.15. The van der Waals surface area contributed by atoms with Gasteiger partial charge in [-0.05, 0) is 19.9 Å². The smallest absolute Gasteiger partial charge is 0.251 e. The van der Waals surface area contributed by atoms with Crippen molar-refractivity contribution in [1.29, 1.82) is 0 Å². The third kappa shape index (κ3) is 3.35. The zero-order valence-corrected chi connectivity index (χ0v) is 11.3. The molecule has 1 amide bonds. The second-order valence-electron chi connectivity index (χ2n) is 5.35. The minimum atomic E-state index is -0.339. The maximum Gasteiger partial charge on any atom is 0.251 e. The Morgan fingerprint density at radius 2 is 2.21 bits per heavy atom. The number of amides is 1. The summed E-state index contributed by atoms with van der Waals surface area (Å²) in [6, 6.07) is 2.90. The molecule has 6 heteroatoms. The van der Waals surface area contributed by atoms with Crippen LogP contribution in [-0.2, 0) is 16.1 Å². The van der Waals surface area contributed by atoms with E-state index in [0.29, 0.717) is 25.4 Å². The minimum Gasteiger partial charge on any atom is -0.398 e. The predicted molar refractivity (Wildman–Crippen MR) is 71.7 cm³/mol. The number of nitrogen functional groups attached to an aromatic ring is 1. The summed E-state index contributed by atoms with van der Waals surface area (Å²) < 4.78 is 6.89. The monoisotopic (exact) mass is 265 g/mol. The third-order valence-electron chi connectivity index (χ3n) is 3.09. The number of carbonyl (C=O) groups is 1. The minimum absolute atomic E-state index is 0.0138. The molecule has 0 bridgehead atoms. The Bertz CT molecular complexity index is 536. The molecule has 0 atom stereocenters. The number of hydrogen-bond donors (Lipinski definition) is 1. The Morgan fingerprint density at radius 3 is 2.89 bits per heavy atom.